The van der Waals surface area contributed by atoms with Crippen molar-refractivity contribution < 1.29 is 22.7 Å². The molecule has 0 aromatic heterocycles. The lowest BCUT2D eigenvalue weighted by atomic mass is 10.1. The van der Waals surface area contributed by atoms with Crippen LogP contribution in [0.4, 0.5) is 0 Å². The van der Waals surface area contributed by atoms with Gasteiger partial charge in [0.2, 0.25) is 15.9 Å². The molecule has 1 saturated carbocycles. The van der Waals surface area contributed by atoms with Gasteiger partial charge in [-0.1, -0.05) is 32.1 Å². The lowest BCUT2D eigenvalue weighted by Gasteiger charge is -2.19. The van der Waals surface area contributed by atoms with Crippen LogP contribution in [0.1, 0.15) is 64.2 Å². The highest BCUT2D eigenvalue weighted by Crippen LogP contribution is 2.32. The Morgan fingerprint density at radius 2 is 1.69 bits per heavy atom. The maximum absolute atomic E-state index is 12.4. The smallest absolute Gasteiger partial charge is 0.240 e. The third kappa shape index (κ3) is 6.89. The summed E-state index contributed by atoms with van der Waals surface area (Å²) in [5, 5.41) is 3.15. The van der Waals surface area contributed by atoms with E-state index in [0.717, 1.165) is 25.7 Å². The molecular weight excluding hydrogens is 392 g/mol. The van der Waals surface area contributed by atoms with E-state index in [9.17, 15) is 13.2 Å². The van der Waals surface area contributed by atoms with Gasteiger partial charge in [-0.15, -0.1) is 0 Å². The Morgan fingerprint density at radius 3 is 2.45 bits per heavy atom. The normalized spacial score (nSPS) is 17.5. The number of amides is 1. The van der Waals surface area contributed by atoms with Crippen molar-refractivity contribution >= 4 is 15.9 Å². The number of hydrogen-bond acceptors (Lipinski definition) is 5. The van der Waals surface area contributed by atoms with E-state index in [0.29, 0.717) is 50.1 Å². The van der Waals surface area contributed by atoms with Gasteiger partial charge in [-0.05, 0) is 37.8 Å². The van der Waals surface area contributed by atoms with Gasteiger partial charge in [0, 0.05) is 25.1 Å². The summed E-state index contributed by atoms with van der Waals surface area (Å²) in [6.07, 6.45) is 9.91. The molecule has 0 radical (unpaired) electrons. The van der Waals surface area contributed by atoms with Crippen LogP contribution < -0.4 is 19.5 Å². The second kappa shape index (κ2) is 10.8. The Kier molecular flexibility index (Phi) is 8.18. The molecule has 1 aromatic carbocycles. The van der Waals surface area contributed by atoms with E-state index in [1.54, 1.807) is 6.07 Å². The second-order valence-corrected chi connectivity index (χ2v) is 9.54. The molecule has 0 unspecified atom stereocenters. The molecule has 0 saturated heterocycles. The fourth-order valence-electron chi connectivity index (χ4n) is 3.79. The second-order valence-electron chi connectivity index (χ2n) is 7.77. The summed E-state index contributed by atoms with van der Waals surface area (Å²) in [6.45, 7) is 1.23. The van der Waals surface area contributed by atoms with Crippen molar-refractivity contribution in [2.24, 2.45) is 0 Å². The number of ether oxygens (including phenoxy) is 2. The van der Waals surface area contributed by atoms with Gasteiger partial charge in [0.25, 0.3) is 0 Å². The molecule has 7 nitrogen and oxygen atoms in total. The van der Waals surface area contributed by atoms with Gasteiger partial charge in [0.1, 0.15) is 13.2 Å². The molecule has 0 atom stereocenters. The molecule has 2 aliphatic rings. The number of sulfonamides is 1. The molecule has 1 fully saturated rings. The zero-order chi connectivity index (χ0) is 20.5. The van der Waals surface area contributed by atoms with Gasteiger partial charge in [-0.2, -0.15) is 0 Å². The predicted molar refractivity (Wildman–Crippen MR) is 111 cm³/mol. The highest BCUT2D eigenvalue weighted by molar-refractivity contribution is 7.89. The minimum absolute atomic E-state index is 0.119. The van der Waals surface area contributed by atoms with Crippen LogP contribution in [-0.2, 0) is 14.8 Å². The van der Waals surface area contributed by atoms with Crippen molar-refractivity contribution in [1.82, 2.24) is 10.0 Å². The Bertz CT molecular complexity index is 773. The van der Waals surface area contributed by atoms with Gasteiger partial charge < -0.3 is 14.8 Å². The van der Waals surface area contributed by atoms with Crippen LogP contribution in [-0.4, -0.2) is 40.1 Å². The zero-order valence-corrected chi connectivity index (χ0v) is 17.8. The Labute approximate surface area is 173 Å². The van der Waals surface area contributed by atoms with Gasteiger partial charge in [0.15, 0.2) is 11.5 Å². The van der Waals surface area contributed by atoms with Gasteiger partial charge in [0.05, 0.1) is 4.90 Å². The maximum atomic E-state index is 12.4. The molecule has 0 spiro atoms. The average molecular weight is 425 g/mol. The fourth-order valence-corrected chi connectivity index (χ4v) is 4.88. The number of fused-ring (bicyclic) bond motifs is 1. The topological polar surface area (TPSA) is 93.7 Å². The molecule has 2 N–H and O–H groups in total. The molecular formula is C21H32N2O5S. The lowest BCUT2D eigenvalue weighted by Crippen LogP contribution is -2.34. The maximum Gasteiger partial charge on any atom is 0.240 e. The zero-order valence-electron chi connectivity index (χ0n) is 17.0. The Morgan fingerprint density at radius 1 is 0.966 bits per heavy atom. The first-order valence-electron chi connectivity index (χ1n) is 10.7. The van der Waals surface area contributed by atoms with Crippen LogP contribution in [0.2, 0.25) is 0 Å². The lowest BCUT2D eigenvalue weighted by molar-refractivity contribution is -0.122. The first kappa shape index (κ1) is 21.9. The number of unbranched alkanes of at least 4 members (excludes halogenated alkanes) is 2. The van der Waals surface area contributed by atoms with E-state index in [1.807, 2.05) is 0 Å². The fraction of sp³-hybridized carbons (Fsp3) is 0.667. The number of benzene rings is 1. The van der Waals surface area contributed by atoms with Crippen LogP contribution in [0.25, 0.3) is 0 Å². The summed E-state index contributed by atoms with van der Waals surface area (Å²) in [4.78, 5) is 12.2. The predicted octanol–water partition coefficient (Wildman–Crippen LogP) is 3.14. The van der Waals surface area contributed by atoms with E-state index in [1.165, 1.54) is 37.8 Å². The first-order valence-corrected chi connectivity index (χ1v) is 12.2. The van der Waals surface area contributed by atoms with Crippen LogP contribution in [0.5, 0.6) is 11.5 Å². The third-order valence-corrected chi connectivity index (χ3v) is 6.88. The molecule has 29 heavy (non-hydrogen) atoms. The number of carbonyl (C=O) groups excluding carboxylic acids is 1. The minimum Gasteiger partial charge on any atom is -0.486 e. The number of carbonyl (C=O) groups is 1. The van der Waals surface area contributed by atoms with E-state index in [-0.39, 0.29) is 10.8 Å². The van der Waals surface area contributed by atoms with Crippen molar-refractivity contribution in [3.8, 4) is 11.5 Å². The minimum atomic E-state index is -3.58. The first-order chi connectivity index (χ1) is 14.0. The van der Waals surface area contributed by atoms with Crippen molar-refractivity contribution in [2.45, 2.75) is 75.1 Å². The number of nitrogens with one attached hydrogen (secondary N) is 2. The van der Waals surface area contributed by atoms with Crippen molar-refractivity contribution in [2.75, 3.05) is 19.8 Å². The molecule has 162 valence electrons. The third-order valence-electron chi connectivity index (χ3n) is 5.42. The van der Waals surface area contributed by atoms with Gasteiger partial charge >= 0.3 is 0 Å². The summed E-state index contributed by atoms with van der Waals surface area (Å²) < 4.78 is 38.4. The summed E-state index contributed by atoms with van der Waals surface area (Å²) in [5.74, 6) is 1.14. The van der Waals surface area contributed by atoms with E-state index < -0.39 is 10.0 Å². The summed E-state index contributed by atoms with van der Waals surface area (Å²) in [7, 11) is -3.58. The van der Waals surface area contributed by atoms with Crippen LogP contribution in [0.15, 0.2) is 23.1 Å². The van der Waals surface area contributed by atoms with Crippen molar-refractivity contribution in [3.63, 3.8) is 0 Å². The highest BCUT2D eigenvalue weighted by Gasteiger charge is 2.19. The van der Waals surface area contributed by atoms with Crippen LogP contribution in [0, 0.1) is 0 Å². The molecule has 3 rings (SSSR count). The van der Waals surface area contributed by atoms with Crippen LogP contribution in [0.3, 0.4) is 0 Å². The van der Waals surface area contributed by atoms with Gasteiger partial charge in [-0.3, -0.25) is 4.79 Å². The molecule has 1 aromatic rings. The molecule has 1 amide bonds. The molecule has 0 bridgehead atoms. The van der Waals surface area contributed by atoms with Crippen LogP contribution >= 0.6 is 0 Å². The molecule has 1 heterocycles. The van der Waals surface area contributed by atoms with Gasteiger partial charge in [-0.25, -0.2) is 13.1 Å². The van der Waals surface area contributed by atoms with Crippen molar-refractivity contribution in [3.05, 3.63) is 18.2 Å². The monoisotopic (exact) mass is 424 g/mol. The average Bonchev–Trinajstić information content (AvgIpc) is 2.99. The summed E-state index contributed by atoms with van der Waals surface area (Å²) in [6, 6.07) is 4.97. The molecule has 1 aliphatic heterocycles. The quantitative estimate of drug-likeness (QED) is 0.469. The van der Waals surface area contributed by atoms with E-state index in [4.69, 9.17) is 9.47 Å². The highest BCUT2D eigenvalue weighted by atomic mass is 32.2. The number of rotatable bonds is 9. The SMILES string of the molecule is O=C(CCCCCNS(=O)(=O)c1ccc2c(c1)OCCO2)NC1CCCCCC1. The standard InChI is InChI=1S/C21H32N2O5S/c24-21(23-17-8-4-1-2-5-9-17)10-6-3-7-13-22-29(25,26)18-11-12-19-20(16-18)28-15-14-27-19/h11-12,16-17,22H,1-10,13-15H2,(H,23,24). The Balaban J connectivity index is 1.33. The summed E-state index contributed by atoms with van der Waals surface area (Å²) in [5.41, 5.74) is 0. The Hall–Kier alpha value is -1.80. The summed E-state index contributed by atoms with van der Waals surface area (Å²) >= 11 is 0. The van der Waals surface area contributed by atoms with E-state index >= 15 is 0 Å². The van der Waals surface area contributed by atoms with Crippen molar-refractivity contribution in [1.29, 1.82) is 0 Å². The largest absolute Gasteiger partial charge is 0.486 e. The molecule has 1 aliphatic carbocycles. The molecule has 8 heteroatoms. The van der Waals surface area contributed by atoms with E-state index in [2.05, 4.69) is 10.0 Å². The number of hydrogen-bond donors (Lipinski definition) is 2.